The average Bonchev–Trinajstić information content (AvgIpc) is 2.60. The number of morpholine rings is 1. The summed E-state index contributed by atoms with van der Waals surface area (Å²) in [6.45, 7) is 4.11. The first-order valence-corrected chi connectivity index (χ1v) is 7.78. The Labute approximate surface area is 135 Å². The van der Waals surface area contributed by atoms with Gasteiger partial charge in [0, 0.05) is 37.8 Å². The van der Waals surface area contributed by atoms with E-state index in [1.165, 1.54) is 0 Å². The normalized spacial score (nSPS) is 16.9. The molecule has 6 heteroatoms. The van der Waals surface area contributed by atoms with E-state index in [0.29, 0.717) is 31.9 Å². The quantitative estimate of drug-likeness (QED) is 0.864. The van der Waals surface area contributed by atoms with Crippen molar-refractivity contribution in [3.05, 3.63) is 36.0 Å². The van der Waals surface area contributed by atoms with Crippen LogP contribution in [0.2, 0.25) is 0 Å². The van der Waals surface area contributed by atoms with Gasteiger partial charge in [-0.3, -0.25) is 9.88 Å². The second-order valence-corrected chi connectivity index (χ2v) is 5.62. The molecule has 1 aliphatic rings. The maximum Gasteiger partial charge on any atom is 0.103 e. The van der Waals surface area contributed by atoms with E-state index >= 15 is 0 Å². The fourth-order valence-corrected chi connectivity index (χ4v) is 2.78. The van der Waals surface area contributed by atoms with Crippen molar-refractivity contribution in [2.75, 3.05) is 44.7 Å². The van der Waals surface area contributed by atoms with Crippen molar-refractivity contribution < 1.29 is 9.84 Å². The lowest BCUT2D eigenvalue weighted by Gasteiger charge is -2.28. The van der Waals surface area contributed by atoms with Crippen molar-refractivity contribution in [3.63, 3.8) is 0 Å². The Bertz CT molecular complexity index is 707. The molecule has 120 valence electrons. The number of anilines is 1. The van der Waals surface area contributed by atoms with E-state index in [4.69, 9.17) is 4.74 Å². The van der Waals surface area contributed by atoms with Gasteiger partial charge in [0.05, 0.1) is 36.1 Å². The Morgan fingerprint density at radius 2 is 2.13 bits per heavy atom. The Morgan fingerprint density at radius 3 is 2.91 bits per heavy atom. The van der Waals surface area contributed by atoms with Crippen molar-refractivity contribution in [2.45, 2.75) is 6.10 Å². The predicted octanol–water partition coefficient (Wildman–Crippen LogP) is 1.21. The summed E-state index contributed by atoms with van der Waals surface area (Å²) in [7, 11) is 0. The number of pyridine rings is 1. The maximum absolute atomic E-state index is 10.3. The molecule has 0 radical (unpaired) electrons. The summed E-state index contributed by atoms with van der Waals surface area (Å²) in [5, 5.41) is 23.7. The number of para-hydroxylation sites is 1. The van der Waals surface area contributed by atoms with Gasteiger partial charge in [-0.1, -0.05) is 18.2 Å². The Hall–Kier alpha value is -2.20. The molecule has 0 amide bonds. The summed E-state index contributed by atoms with van der Waals surface area (Å²) in [6.07, 6.45) is 1.06. The number of nitrogens with zero attached hydrogens (tertiary/aromatic N) is 3. The number of aliphatic hydroxyl groups excluding tert-OH is 1. The molecular weight excluding hydrogens is 292 g/mol. The van der Waals surface area contributed by atoms with Crippen LogP contribution in [0.1, 0.15) is 5.56 Å². The standard InChI is InChI=1S/C17H20N4O2/c18-9-13-10-19-16-4-2-1-3-15(16)17(13)20-11-14(22)12-21-5-7-23-8-6-21/h1-4,10,14,22H,5-8,11-12H2,(H,19,20). The second-order valence-electron chi connectivity index (χ2n) is 5.62. The Kier molecular flexibility index (Phi) is 5.03. The highest BCUT2D eigenvalue weighted by atomic mass is 16.5. The summed E-state index contributed by atoms with van der Waals surface area (Å²) in [5.41, 5.74) is 2.05. The number of rotatable bonds is 5. The Balaban J connectivity index is 1.69. The van der Waals surface area contributed by atoms with Gasteiger partial charge in [0.1, 0.15) is 6.07 Å². The molecule has 1 aliphatic heterocycles. The van der Waals surface area contributed by atoms with E-state index in [0.717, 1.165) is 29.7 Å². The smallest absolute Gasteiger partial charge is 0.103 e. The summed E-state index contributed by atoms with van der Waals surface area (Å²) < 4.78 is 5.31. The maximum atomic E-state index is 10.3. The van der Waals surface area contributed by atoms with Crippen molar-refractivity contribution in [3.8, 4) is 6.07 Å². The fraction of sp³-hybridized carbons (Fsp3) is 0.412. The first-order chi connectivity index (χ1) is 11.3. The van der Waals surface area contributed by atoms with Gasteiger partial charge in [0.15, 0.2) is 0 Å². The van der Waals surface area contributed by atoms with E-state index in [2.05, 4.69) is 21.3 Å². The number of benzene rings is 1. The van der Waals surface area contributed by atoms with Crippen molar-refractivity contribution in [1.29, 1.82) is 5.26 Å². The molecular formula is C17H20N4O2. The number of hydrogen-bond donors (Lipinski definition) is 2. The van der Waals surface area contributed by atoms with Crippen LogP contribution in [-0.2, 0) is 4.74 Å². The van der Waals surface area contributed by atoms with Gasteiger partial charge in [-0.05, 0) is 6.07 Å². The first kappa shape index (κ1) is 15.7. The third-order valence-corrected chi connectivity index (χ3v) is 3.98. The monoisotopic (exact) mass is 312 g/mol. The van der Waals surface area contributed by atoms with Gasteiger partial charge < -0.3 is 15.2 Å². The minimum atomic E-state index is -0.508. The molecule has 0 bridgehead atoms. The van der Waals surface area contributed by atoms with Crippen LogP contribution in [0.5, 0.6) is 0 Å². The van der Waals surface area contributed by atoms with Crippen molar-refractivity contribution in [2.24, 2.45) is 0 Å². The van der Waals surface area contributed by atoms with Crippen LogP contribution >= 0.6 is 0 Å². The molecule has 2 heterocycles. The third-order valence-electron chi connectivity index (χ3n) is 3.98. The highest BCUT2D eigenvalue weighted by Crippen LogP contribution is 2.25. The minimum Gasteiger partial charge on any atom is -0.390 e. The van der Waals surface area contributed by atoms with Crippen LogP contribution < -0.4 is 5.32 Å². The number of nitrogens with one attached hydrogen (secondary N) is 1. The summed E-state index contributed by atoms with van der Waals surface area (Å²) in [5.74, 6) is 0. The highest BCUT2D eigenvalue weighted by molar-refractivity contribution is 5.93. The second kappa shape index (κ2) is 7.38. The lowest BCUT2D eigenvalue weighted by molar-refractivity contribution is 0.0171. The van der Waals surface area contributed by atoms with Gasteiger partial charge in [-0.15, -0.1) is 0 Å². The van der Waals surface area contributed by atoms with Crippen molar-refractivity contribution >= 4 is 16.6 Å². The van der Waals surface area contributed by atoms with E-state index < -0.39 is 6.10 Å². The fourth-order valence-electron chi connectivity index (χ4n) is 2.78. The van der Waals surface area contributed by atoms with Crippen LogP contribution in [0.25, 0.3) is 10.9 Å². The molecule has 1 fully saturated rings. The van der Waals surface area contributed by atoms with Gasteiger partial charge in [0.25, 0.3) is 0 Å². The topological polar surface area (TPSA) is 81.4 Å². The zero-order valence-electron chi connectivity index (χ0n) is 12.9. The molecule has 1 aromatic heterocycles. The summed E-state index contributed by atoms with van der Waals surface area (Å²) in [6, 6.07) is 9.83. The molecule has 1 saturated heterocycles. The van der Waals surface area contributed by atoms with Gasteiger partial charge >= 0.3 is 0 Å². The highest BCUT2D eigenvalue weighted by Gasteiger charge is 2.16. The number of nitriles is 1. The molecule has 3 rings (SSSR count). The van der Waals surface area contributed by atoms with Crippen molar-refractivity contribution in [1.82, 2.24) is 9.88 Å². The number of fused-ring (bicyclic) bond motifs is 1. The SMILES string of the molecule is N#Cc1cnc2ccccc2c1NCC(O)CN1CCOCC1. The number of hydrogen-bond acceptors (Lipinski definition) is 6. The molecule has 2 aromatic rings. The van der Waals surface area contributed by atoms with E-state index in [1.54, 1.807) is 6.20 Å². The van der Waals surface area contributed by atoms with Gasteiger partial charge in [-0.2, -0.15) is 5.26 Å². The van der Waals surface area contributed by atoms with Crippen LogP contribution in [0.3, 0.4) is 0 Å². The van der Waals surface area contributed by atoms with E-state index in [1.807, 2.05) is 24.3 Å². The predicted molar refractivity (Wildman–Crippen MR) is 88.2 cm³/mol. The zero-order valence-corrected chi connectivity index (χ0v) is 12.9. The molecule has 2 N–H and O–H groups in total. The van der Waals surface area contributed by atoms with Crippen LogP contribution in [0, 0.1) is 11.3 Å². The molecule has 1 unspecified atom stereocenters. The number of ether oxygens (including phenoxy) is 1. The molecule has 6 nitrogen and oxygen atoms in total. The molecule has 1 aromatic carbocycles. The van der Waals surface area contributed by atoms with Crippen LogP contribution in [0.4, 0.5) is 5.69 Å². The molecule has 23 heavy (non-hydrogen) atoms. The number of aromatic nitrogens is 1. The summed E-state index contributed by atoms with van der Waals surface area (Å²) in [4.78, 5) is 6.47. The lowest BCUT2D eigenvalue weighted by Crippen LogP contribution is -2.42. The first-order valence-electron chi connectivity index (χ1n) is 7.78. The van der Waals surface area contributed by atoms with Gasteiger partial charge in [-0.25, -0.2) is 0 Å². The third kappa shape index (κ3) is 3.77. The van der Waals surface area contributed by atoms with Gasteiger partial charge in [0.2, 0.25) is 0 Å². The summed E-state index contributed by atoms with van der Waals surface area (Å²) >= 11 is 0. The molecule has 0 saturated carbocycles. The Morgan fingerprint density at radius 1 is 1.35 bits per heavy atom. The number of β-amino-alcohol motifs (C(OH)–C–C–N with tert-alkyl or cyclic N) is 1. The lowest BCUT2D eigenvalue weighted by atomic mass is 10.1. The largest absolute Gasteiger partial charge is 0.390 e. The average molecular weight is 312 g/mol. The molecule has 0 spiro atoms. The van der Waals surface area contributed by atoms with Crippen LogP contribution in [0.15, 0.2) is 30.5 Å². The molecule has 0 aliphatic carbocycles. The number of aliphatic hydroxyl groups is 1. The minimum absolute atomic E-state index is 0.389. The molecule has 1 atom stereocenters. The van der Waals surface area contributed by atoms with Crippen LogP contribution in [-0.4, -0.2) is 60.5 Å². The van der Waals surface area contributed by atoms with E-state index in [9.17, 15) is 10.4 Å². The zero-order chi connectivity index (χ0) is 16.1. The van der Waals surface area contributed by atoms with E-state index in [-0.39, 0.29) is 0 Å².